The minimum Gasteiger partial charge on any atom is -0.465 e. The van der Waals surface area contributed by atoms with Crippen LogP contribution in [0.25, 0.3) is 0 Å². The number of nitrogens with zero attached hydrogens (tertiary/aromatic N) is 2. The predicted octanol–water partition coefficient (Wildman–Crippen LogP) is 3.86. The fourth-order valence-electron chi connectivity index (χ4n) is 2.03. The van der Waals surface area contributed by atoms with Crippen molar-refractivity contribution < 1.29 is 9.52 Å². The van der Waals surface area contributed by atoms with Gasteiger partial charge >= 0.3 is 0 Å². The lowest BCUT2D eigenvalue weighted by atomic mass is 10.1. The Morgan fingerprint density at radius 1 is 1.42 bits per heavy atom. The van der Waals surface area contributed by atoms with Crippen molar-refractivity contribution in [1.29, 1.82) is 0 Å². The Balaban J connectivity index is 2.28. The molecule has 1 unspecified atom stereocenters. The standard InChI is InChI=1S/C13H16Br2N2O2/c1-3-9-12(15)10(17(4-2)16-9)7-11(18)13-8(14)5-6-19-13/h5-6,11,18H,3-4,7H2,1-2H3. The first-order chi connectivity index (χ1) is 9.08. The van der Waals surface area contributed by atoms with Gasteiger partial charge in [0.15, 0.2) is 0 Å². The Labute approximate surface area is 129 Å². The highest BCUT2D eigenvalue weighted by Crippen LogP contribution is 2.30. The van der Waals surface area contributed by atoms with E-state index >= 15 is 0 Å². The summed E-state index contributed by atoms with van der Waals surface area (Å²) in [5.41, 5.74) is 2.01. The average Bonchev–Trinajstić information content (AvgIpc) is 2.95. The molecule has 1 atom stereocenters. The number of rotatable bonds is 5. The van der Waals surface area contributed by atoms with Crippen LogP contribution in [-0.2, 0) is 19.4 Å². The van der Waals surface area contributed by atoms with Crippen LogP contribution in [0.4, 0.5) is 0 Å². The zero-order valence-electron chi connectivity index (χ0n) is 10.9. The summed E-state index contributed by atoms with van der Waals surface area (Å²) in [6.45, 7) is 4.88. The largest absolute Gasteiger partial charge is 0.465 e. The summed E-state index contributed by atoms with van der Waals surface area (Å²) in [5, 5.41) is 14.8. The van der Waals surface area contributed by atoms with Gasteiger partial charge in [-0.1, -0.05) is 6.92 Å². The minimum atomic E-state index is -0.688. The maximum Gasteiger partial charge on any atom is 0.146 e. The topological polar surface area (TPSA) is 51.2 Å². The molecular weight excluding hydrogens is 376 g/mol. The van der Waals surface area contributed by atoms with Crippen LogP contribution in [0.5, 0.6) is 0 Å². The van der Waals surface area contributed by atoms with E-state index in [1.54, 1.807) is 12.3 Å². The Kier molecular flexibility index (Phi) is 4.86. The molecule has 0 fully saturated rings. The molecule has 1 N–H and O–H groups in total. The number of aliphatic hydroxyl groups is 1. The molecular formula is C13H16Br2N2O2. The van der Waals surface area contributed by atoms with E-state index in [0.29, 0.717) is 12.2 Å². The fraction of sp³-hybridized carbons (Fsp3) is 0.462. The predicted molar refractivity (Wildman–Crippen MR) is 80.1 cm³/mol. The molecule has 4 nitrogen and oxygen atoms in total. The van der Waals surface area contributed by atoms with E-state index in [0.717, 1.165) is 33.3 Å². The Hall–Kier alpha value is -0.590. The first-order valence-electron chi connectivity index (χ1n) is 6.23. The van der Waals surface area contributed by atoms with Crippen LogP contribution in [0.2, 0.25) is 0 Å². The van der Waals surface area contributed by atoms with Crippen LogP contribution in [0.3, 0.4) is 0 Å². The van der Waals surface area contributed by atoms with Crippen molar-refractivity contribution in [2.45, 2.75) is 39.3 Å². The maximum atomic E-state index is 10.3. The summed E-state index contributed by atoms with van der Waals surface area (Å²) in [7, 11) is 0. The van der Waals surface area contributed by atoms with Gasteiger partial charge in [-0.15, -0.1) is 0 Å². The summed E-state index contributed by atoms with van der Waals surface area (Å²) in [5.74, 6) is 0.550. The number of hydrogen-bond acceptors (Lipinski definition) is 3. The Morgan fingerprint density at radius 3 is 2.68 bits per heavy atom. The smallest absolute Gasteiger partial charge is 0.146 e. The molecule has 104 valence electrons. The molecule has 0 amide bonds. The minimum absolute atomic E-state index is 0.466. The first kappa shape index (κ1) is 14.8. The lowest BCUT2D eigenvalue weighted by molar-refractivity contribution is 0.146. The van der Waals surface area contributed by atoms with Gasteiger partial charge in [0.05, 0.1) is 26.6 Å². The quantitative estimate of drug-likeness (QED) is 0.841. The van der Waals surface area contributed by atoms with Crippen molar-refractivity contribution in [2.24, 2.45) is 0 Å². The molecule has 19 heavy (non-hydrogen) atoms. The maximum absolute atomic E-state index is 10.3. The number of furan rings is 1. The van der Waals surface area contributed by atoms with E-state index < -0.39 is 6.10 Å². The number of aryl methyl sites for hydroxylation is 2. The molecule has 0 aliphatic heterocycles. The highest BCUT2D eigenvalue weighted by molar-refractivity contribution is 9.10. The van der Waals surface area contributed by atoms with Crippen LogP contribution in [0, 0.1) is 0 Å². The third kappa shape index (κ3) is 2.95. The molecule has 2 aromatic rings. The number of aromatic nitrogens is 2. The molecule has 6 heteroatoms. The van der Waals surface area contributed by atoms with Crippen molar-refractivity contribution in [3.63, 3.8) is 0 Å². The van der Waals surface area contributed by atoms with Gasteiger partial charge in [0, 0.05) is 13.0 Å². The summed E-state index contributed by atoms with van der Waals surface area (Å²) in [6.07, 6.45) is 2.20. The molecule has 2 heterocycles. The molecule has 0 radical (unpaired) electrons. The molecule has 0 saturated carbocycles. The van der Waals surface area contributed by atoms with Crippen LogP contribution < -0.4 is 0 Å². The molecule has 2 aromatic heterocycles. The summed E-state index contributed by atoms with van der Waals surface area (Å²) >= 11 is 6.94. The van der Waals surface area contributed by atoms with Crippen LogP contribution >= 0.6 is 31.9 Å². The van der Waals surface area contributed by atoms with E-state index in [2.05, 4.69) is 43.9 Å². The van der Waals surface area contributed by atoms with Gasteiger partial charge in [0.1, 0.15) is 11.9 Å². The van der Waals surface area contributed by atoms with E-state index in [-0.39, 0.29) is 0 Å². The molecule has 0 spiro atoms. The normalized spacial score (nSPS) is 12.9. The molecule has 0 aliphatic carbocycles. The van der Waals surface area contributed by atoms with Crippen molar-refractivity contribution in [1.82, 2.24) is 9.78 Å². The first-order valence-corrected chi connectivity index (χ1v) is 7.82. The second-order valence-corrected chi connectivity index (χ2v) is 5.88. The molecule has 0 aromatic carbocycles. The van der Waals surface area contributed by atoms with Crippen molar-refractivity contribution in [3.05, 3.63) is 38.4 Å². The van der Waals surface area contributed by atoms with Crippen molar-refractivity contribution >= 4 is 31.9 Å². The fourth-order valence-corrected chi connectivity index (χ4v) is 3.22. The van der Waals surface area contributed by atoms with Gasteiger partial charge < -0.3 is 9.52 Å². The number of hydrogen-bond donors (Lipinski definition) is 1. The number of halogens is 2. The van der Waals surface area contributed by atoms with E-state index in [4.69, 9.17) is 4.42 Å². The second-order valence-electron chi connectivity index (χ2n) is 4.23. The molecule has 0 bridgehead atoms. The van der Waals surface area contributed by atoms with Gasteiger partial charge in [-0.25, -0.2) is 0 Å². The van der Waals surface area contributed by atoms with Gasteiger partial charge in [-0.3, -0.25) is 4.68 Å². The average molecular weight is 392 g/mol. The van der Waals surface area contributed by atoms with Crippen molar-refractivity contribution in [3.8, 4) is 0 Å². The van der Waals surface area contributed by atoms with Gasteiger partial charge in [-0.05, 0) is 51.3 Å². The monoisotopic (exact) mass is 390 g/mol. The molecule has 0 saturated heterocycles. The highest BCUT2D eigenvalue weighted by Gasteiger charge is 2.21. The van der Waals surface area contributed by atoms with Gasteiger partial charge in [0.25, 0.3) is 0 Å². The Morgan fingerprint density at radius 2 is 2.16 bits per heavy atom. The third-order valence-electron chi connectivity index (χ3n) is 3.03. The van der Waals surface area contributed by atoms with Crippen LogP contribution in [0.1, 0.15) is 37.1 Å². The second kappa shape index (κ2) is 6.24. The van der Waals surface area contributed by atoms with E-state index in [1.807, 2.05) is 11.6 Å². The summed E-state index contributed by atoms with van der Waals surface area (Å²) in [4.78, 5) is 0. The van der Waals surface area contributed by atoms with Crippen molar-refractivity contribution in [2.75, 3.05) is 0 Å². The van der Waals surface area contributed by atoms with Gasteiger partial charge in [-0.2, -0.15) is 5.10 Å². The van der Waals surface area contributed by atoms with Gasteiger partial charge in [0.2, 0.25) is 0 Å². The summed E-state index contributed by atoms with van der Waals surface area (Å²) in [6, 6.07) is 1.78. The lowest BCUT2D eigenvalue weighted by Gasteiger charge is -2.10. The zero-order valence-corrected chi connectivity index (χ0v) is 14.0. The zero-order chi connectivity index (χ0) is 14.0. The SMILES string of the molecule is CCc1nn(CC)c(CC(O)c2occc2Br)c1Br. The Bertz CT molecular complexity index is 563. The molecule has 0 aliphatic rings. The van der Waals surface area contributed by atoms with Crippen LogP contribution in [0.15, 0.2) is 25.7 Å². The van der Waals surface area contributed by atoms with E-state index in [1.165, 1.54) is 0 Å². The van der Waals surface area contributed by atoms with E-state index in [9.17, 15) is 5.11 Å². The lowest BCUT2D eigenvalue weighted by Crippen LogP contribution is -2.08. The van der Waals surface area contributed by atoms with Crippen LogP contribution in [-0.4, -0.2) is 14.9 Å². The third-order valence-corrected chi connectivity index (χ3v) is 4.60. The summed E-state index contributed by atoms with van der Waals surface area (Å²) < 4.78 is 8.99. The molecule has 2 rings (SSSR count). The highest BCUT2D eigenvalue weighted by atomic mass is 79.9. The number of aliphatic hydroxyl groups excluding tert-OH is 1.